The maximum Gasteiger partial charge on any atom is 0.207 e. The third-order valence-corrected chi connectivity index (χ3v) is 3.56. The summed E-state index contributed by atoms with van der Waals surface area (Å²) in [6.45, 7) is 1.69. The summed E-state index contributed by atoms with van der Waals surface area (Å²) in [5.74, 6) is 0. The van der Waals surface area contributed by atoms with Crippen molar-refractivity contribution >= 4 is 25.3 Å². The summed E-state index contributed by atoms with van der Waals surface area (Å²) in [4.78, 5) is 10.2. The molecule has 5 heteroatoms. The zero-order valence-corrected chi connectivity index (χ0v) is 10.0. The molecule has 0 spiro atoms. The number of aldehydes is 1. The van der Waals surface area contributed by atoms with Gasteiger partial charge in [0.25, 0.3) is 0 Å². The van der Waals surface area contributed by atoms with Crippen LogP contribution in [-0.4, -0.2) is 19.1 Å². The van der Waals surface area contributed by atoms with E-state index in [0.717, 1.165) is 5.56 Å². The van der Waals surface area contributed by atoms with Gasteiger partial charge in [0, 0.05) is 11.7 Å². The Bertz CT molecular complexity index is 375. The Balaban J connectivity index is 2.53. The first kappa shape index (κ1) is 12.4. The number of carbonyl (C=O) groups excluding carboxylic acids is 1. The normalized spacial score (nSPS) is 14.5. The Hall–Kier alpha value is -0.630. The van der Waals surface area contributed by atoms with Crippen molar-refractivity contribution in [1.82, 2.24) is 0 Å². The van der Waals surface area contributed by atoms with Crippen LogP contribution >= 0.6 is 19.0 Å². The molecule has 3 nitrogen and oxygen atoms in total. The van der Waals surface area contributed by atoms with Gasteiger partial charge in [-0.2, -0.15) is 0 Å². The average molecular weight is 247 g/mol. The summed E-state index contributed by atoms with van der Waals surface area (Å²) >= 11 is 5.71. The van der Waals surface area contributed by atoms with E-state index >= 15 is 0 Å². The van der Waals surface area contributed by atoms with Crippen LogP contribution in [0.1, 0.15) is 5.56 Å². The molecule has 0 N–H and O–H groups in total. The second-order valence-corrected chi connectivity index (χ2v) is 6.35. The molecule has 1 rings (SSSR count). The average Bonchev–Trinajstić information content (AvgIpc) is 2.17. The van der Waals surface area contributed by atoms with Gasteiger partial charge in [0.2, 0.25) is 7.37 Å². The molecule has 1 atom stereocenters. The number of rotatable bonds is 5. The van der Waals surface area contributed by atoms with Crippen LogP contribution in [0.25, 0.3) is 0 Å². The van der Waals surface area contributed by atoms with Crippen molar-refractivity contribution < 1.29 is 13.9 Å². The second kappa shape index (κ2) is 5.45. The van der Waals surface area contributed by atoms with E-state index in [1.807, 2.05) is 0 Å². The maximum absolute atomic E-state index is 11.6. The van der Waals surface area contributed by atoms with Crippen molar-refractivity contribution in [3.8, 4) is 0 Å². The molecule has 1 aromatic rings. The Morgan fingerprint density at radius 2 is 2.00 bits per heavy atom. The highest BCUT2D eigenvalue weighted by Crippen LogP contribution is 2.42. The third kappa shape index (κ3) is 4.61. The molecular formula is C10H12ClO3P. The van der Waals surface area contributed by atoms with Crippen LogP contribution in [0.5, 0.6) is 0 Å². The fourth-order valence-electron chi connectivity index (χ4n) is 0.980. The van der Waals surface area contributed by atoms with Crippen molar-refractivity contribution in [2.45, 2.75) is 6.61 Å². The summed E-state index contributed by atoms with van der Waals surface area (Å²) in [6.07, 6.45) is 0.573. The molecule has 0 radical (unpaired) electrons. The topological polar surface area (TPSA) is 43.4 Å². The van der Waals surface area contributed by atoms with Crippen molar-refractivity contribution in [2.75, 3.05) is 12.8 Å². The number of carbonyl (C=O) groups is 1. The molecule has 0 saturated heterocycles. The van der Waals surface area contributed by atoms with Gasteiger partial charge >= 0.3 is 0 Å². The number of halogens is 1. The molecule has 0 saturated carbocycles. The highest BCUT2D eigenvalue weighted by Gasteiger charge is 2.14. The Morgan fingerprint density at radius 3 is 2.53 bits per heavy atom. The summed E-state index contributed by atoms with van der Waals surface area (Å²) in [5.41, 5.74) is 0.882. The number of benzene rings is 1. The van der Waals surface area contributed by atoms with Gasteiger partial charge in [0.15, 0.2) is 0 Å². The Morgan fingerprint density at radius 1 is 1.40 bits per heavy atom. The van der Waals surface area contributed by atoms with E-state index in [2.05, 4.69) is 0 Å². The minimum Gasteiger partial charge on any atom is -0.324 e. The van der Waals surface area contributed by atoms with E-state index < -0.39 is 7.37 Å². The molecule has 0 amide bonds. The van der Waals surface area contributed by atoms with Crippen molar-refractivity contribution in [2.24, 2.45) is 0 Å². The predicted octanol–water partition coefficient (Wildman–Crippen LogP) is 2.96. The Labute approximate surface area is 93.8 Å². The lowest BCUT2D eigenvalue weighted by atomic mass is 10.2. The fourth-order valence-corrected chi connectivity index (χ4v) is 1.90. The van der Waals surface area contributed by atoms with Crippen LogP contribution in [-0.2, 0) is 20.5 Å². The van der Waals surface area contributed by atoms with Crippen LogP contribution in [0, 0.1) is 0 Å². The van der Waals surface area contributed by atoms with Gasteiger partial charge in [-0.3, -0.25) is 4.57 Å². The number of hydrogen-bond acceptors (Lipinski definition) is 3. The molecule has 0 heterocycles. The quantitative estimate of drug-likeness (QED) is 0.593. The molecule has 0 aliphatic carbocycles. The number of hydrogen-bond donors (Lipinski definition) is 0. The largest absolute Gasteiger partial charge is 0.324 e. The summed E-state index contributed by atoms with van der Waals surface area (Å²) in [7, 11) is -2.77. The minimum atomic E-state index is -2.77. The summed E-state index contributed by atoms with van der Waals surface area (Å²) < 4.78 is 16.8. The van der Waals surface area contributed by atoms with Crippen LogP contribution in [0.15, 0.2) is 24.3 Å². The van der Waals surface area contributed by atoms with Gasteiger partial charge in [0.1, 0.15) is 6.29 Å². The molecule has 0 aliphatic rings. The van der Waals surface area contributed by atoms with Crippen molar-refractivity contribution in [3.63, 3.8) is 0 Å². The van der Waals surface area contributed by atoms with Crippen molar-refractivity contribution in [3.05, 3.63) is 34.9 Å². The van der Waals surface area contributed by atoms with Crippen LogP contribution in [0.2, 0.25) is 5.02 Å². The highest BCUT2D eigenvalue weighted by atomic mass is 35.5. The fraction of sp³-hybridized carbons (Fsp3) is 0.300. The lowest BCUT2D eigenvalue weighted by Crippen LogP contribution is -1.95. The molecule has 1 aromatic carbocycles. The first-order valence-corrected chi connectivity index (χ1v) is 7.06. The zero-order valence-electron chi connectivity index (χ0n) is 8.35. The monoisotopic (exact) mass is 246 g/mol. The van der Waals surface area contributed by atoms with Crippen molar-refractivity contribution in [1.29, 1.82) is 0 Å². The predicted molar refractivity (Wildman–Crippen MR) is 60.7 cm³/mol. The van der Waals surface area contributed by atoms with E-state index in [4.69, 9.17) is 16.1 Å². The van der Waals surface area contributed by atoms with Crippen LogP contribution in [0.4, 0.5) is 0 Å². The van der Waals surface area contributed by atoms with E-state index in [1.165, 1.54) is 6.66 Å². The van der Waals surface area contributed by atoms with Crippen LogP contribution < -0.4 is 0 Å². The lowest BCUT2D eigenvalue weighted by Gasteiger charge is -2.10. The molecule has 82 valence electrons. The van der Waals surface area contributed by atoms with Crippen LogP contribution in [0.3, 0.4) is 0 Å². The summed E-state index contributed by atoms with van der Waals surface area (Å²) in [5, 5.41) is 0.645. The molecule has 0 bridgehead atoms. The first-order valence-electron chi connectivity index (χ1n) is 4.43. The molecule has 15 heavy (non-hydrogen) atoms. The van der Waals surface area contributed by atoms with Gasteiger partial charge in [-0.05, 0) is 17.7 Å². The van der Waals surface area contributed by atoms with E-state index in [9.17, 15) is 9.36 Å². The molecule has 0 aliphatic heterocycles. The van der Waals surface area contributed by atoms with Gasteiger partial charge in [0.05, 0.1) is 12.8 Å². The van der Waals surface area contributed by atoms with E-state index in [0.29, 0.717) is 11.3 Å². The Kier molecular flexibility index (Phi) is 4.52. The molecular weight excluding hydrogens is 235 g/mol. The third-order valence-electron chi connectivity index (χ3n) is 1.82. The minimum absolute atomic E-state index is 0.0411. The zero-order chi connectivity index (χ0) is 11.3. The van der Waals surface area contributed by atoms with E-state index in [1.54, 1.807) is 24.3 Å². The molecule has 0 fully saturated rings. The standard InChI is InChI=1S/C10H12ClO3P/c1-15(13,7-6-12)14-8-9-2-4-10(11)5-3-9/h2-6H,7-8H2,1H3. The molecule has 1 unspecified atom stereocenters. The van der Waals surface area contributed by atoms with Gasteiger partial charge in [-0.1, -0.05) is 23.7 Å². The van der Waals surface area contributed by atoms with Gasteiger partial charge < -0.3 is 9.32 Å². The SMILES string of the molecule is CP(=O)(CC=O)OCc1ccc(Cl)cc1. The highest BCUT2D eigenvalue weighted by molar-refractivity contribution is 7.58. The van der Waals surface area contributed by atoms with Gasteiger partial charge in [-0.15, -0.1) is 0 Å². The first-order chi connectivity index (χ1) is 7.03. The lowest BCUT2D eigenvalue weighted by molar-refractivity contribution is -0.105. The molecule has 0 aromatic heterocycles. The summed E-state index contributed by atoms with van der Waals surface area (Å²) in [6, 6.07) is 7.06. The van der Waals surface area contributed by atoms with E-state index in [-0.39, 0.29) is 12.8 Å². The maximum atomic E-state index is 11.6. The smallest absolute Gasteiger partial charge is 0.207 e. The van der Waals surface area contributed by atoms with Gasteiger partial charge in [-0.25, -0.2) is 0 Å². The second-order valence-electron chi connectivity index (χ2n) is 3.26.